The topological polar surface area (TPSA) is 64.1 Å². The summed E-state index contributed by atoms with van der Waals surface area (Å²) in [4.78, 5) is 4.18. The van der Waals surface area contributed by atoms with Gasteiger partial charge in [-0.3, -0.25) is 4.99 Å². The van der Waals surface area contributed by atoms with Crippen molar-refractivity contribution in [1.82, 2.24) is 10.6 Å². The fraction of sp³-hybridized carbons (Fsp3) is 0.562. The molecular formula is C16H27N3O3. The van der Waals surface area contributed by atoms with E-state index >= 15 is 0 Å². The van der Waals surface area contributed by atoms with Crippen molar-refractivity contribution in [3.05, 3.63) is 24.3 Å². The van der Waals surface area contributed by atoms with Crippen LogP contribution < -0.4 is 20.1 Å². The zero-order valence-corrected chi connectivity index (χ0v) is 14.1. The standard InChI is InChI=1S/C16H27N3O3/c1-12(11-20-4)19-16(17-3)18-10-13(2)22-15-9-7-6-8-14(15)21-5/h6-9,12-13H,10-11H2,1-5H3,(H2,17,18,19). The van der Waals surface area contributed by atoms with Crippen LogP contribution in [-0.4, -0.2) is 52.5 Å². The van der Waals surface area contributed by atoms with Gasteiger partial charge in [0.15, 0.2) is 17.5 Å². The second kappa shape index (κ2) is 9.89. The molecule has 124 valence electrons. The van der Waals surface area contributed by atoms with Crippen molar-refractivity contribution in [3.63, 3.8) is 0 Å². The minimum absolute atomic E-state index is 0.0346. The second-order valence-electron chi connectivity index (χ2n) is 5.03. The van der Waals surface area contributed by atoms with Crippen LogP contribution in [0.1, 0.15) is 13.8 Å². The predicted molar refractivity (Wildman–Crippen MR) is 88.9 cm³/mol. The summed E-state index contributed by atoms with van der Waals surface area (Å²) < 4.78 is 16.3. The Morgan fingerprint density at radius 1 is 1.18 bits per heavy atom. The number of rotatable bonds is 8. The van der Waals surface area contributed by atoms with Crippen LogP contribution in [0.3, 0.4) is 0 Å². The first-order valence-corrected chi connectivity index (χ1v) is 7.36. The van der Waals surface area contributed by atoms with E-state index < -0.39 is 0 Å². The highest BCUT2D eigenvalue weighted by molar-refractivity contribution is 5.79. The zero-order chi connectivity index (χ0) is 16.4. The van der Waals surface area contributed by atoms with E-state index in [1.165, 1.54) is 0 Å². The first-order valence-electron chi connectivity index (χ1n) is 7.36. The molecular weight excluding hydrogens is 282 g/mol. The van der Waals surface area contributed by atoms with Crippen molar-refractivity contribution in [1.29, 1.82) is 0 Å². The molecule has 2 atom stereocenters. The molecule has 0 saturated heterocycles. The highest BCUT2D eigenvalue weighted by Crippen LogP contribution is 2.26. The van der Waals surface area contributed by atoms with E-state index in [1.54, 1.807) is 21.3 Å². The van der Waals surface area contributed by atoms with Gasteiger partial charge in [-0.2, -0.15) is 0 Å². The molecule has 0 spiro atoms. The number of nitrogens with one attached hydrogen (secondary N) is 2. The van der Waals surface area contributed by atoms with Gasteiger partial charge in [0.05, 0.1) is 20.3 Å². The molecule has 22 heavy (non-hydrogen) atoms. The van der Waals surface area contributed by atoms with Crippen LogP contribution in [-0.2, 0) is 4.74 Å². The molecule has 0 saturated carbocycles. The Morgan fingerprint density at radius 3 is 2.45 bits per heavy atom. The Labute approximate surface area is 132 Å². The zero-order valence-electron chi connectivity index (χ0n) is 14.1. The normalized spacial score (nSPS) is 14.1. The van der Waals surface area contributed by atoms with Gasteiger partial charge >= 0.3 is 0 Å². The van der Waals surface area contributed by atoms with Crippen molar-refractivity contribution < 1.29 is 14.2 Å². The molecule has 0 aliphatic carbocycles. The van der Waals surface area contributed by atoms with Crippen molar-refractivity contribution in [3.8, 4) is 11.5 Å². The van der Waals surface area contributed by atoms with Crippen LogP contribution in [0.4, 0.5) is 0 Å². The predicted octanol–water partition coefficient (Wildman–Crippen LogP) is 1.66. The van der Waals surface area contributed by atoms with Crippen LogP contribution in [0.25, 0.3) is 0 Å². The van der Waals surface area contributed by atoms with Crippen molar-refractivity contribution >= 4 is 5.96 Å². The number of methoxy groups -OCH3 is 2. The Bertz CT molecular complexity index is 466. The maximum absolute atomic E-state index is 5.89. The van der Waals surface area contributed by atoms with Gasteiger partial charge in [0.25, 0.3) is 0 Å². The Balaban J connectivity index is 2.46. The molecule has 0 bridgehead atoms. The van der Waals surface area contributed by atoms with Gasteiger partial charge in [0.2, 0.25) is 0 Å². The Morgan fingerprint density at radius 2 is 1.86 bits per heavy atom. The van der Waals surface area contributed by atoms with Crippen LogP contribution in [0.5, 0.6) is 11.5 Å². The molecule has 0 aliphatic heterocycles. The molecule has 6 nitrogen and oxygen atoms in total. The molecule has 1 aromatic carbocycles. The smallest absolute Gasteiger partial charge is 0.191 e. The molecule has 0 aliphatic rings. The van der Waals surface area contributed by atoms with Gasteiger partial charge < -0.3 is 24.8 Å². The van der Waals surface area contributed by atoms with Gasteiger partial charge in [-0.15, -0.1) is 0 Å². The van der Waals surface area contributed by atoms with Crippen LogP contribution >= 0.6 is 0 Å². The Kier molecular flexibility index (Phi) is 8.14. The number of ether oxygens (including phenoxy) is 3. The third-order valence-electron chi connectivity index (χ3n) is 2.98. The van der Waals surface area contributed by atoms with Crippen LogP contribution in [0.2, 0.25) is 0 Å². The summed E-state index contributed by atoms with van der Waals surface area (Å²) in [6, 6.07) is 7.79. The van der Waals surface area contributed by atoms with Gasteiger partial charge in [-0.25, -0.2) is 0 Å². The second-order valence-corrected chi connectivity index (χ2v) is 5.03. The highest BCUT2D eigenvalue weighted by atomic mass is 16.5. The number of para-hydroxylation sites is 2. The molecule has 1 aromatic rings. The van der Waals surface area contributed by atoms with E-state index in [9.17, 15) is 0 Å². The minimum atomic E-state index is -0.0346. The fourth-order valence-corrected chi connectivity index (χ4v) is 1.93. The summed E-state index contributed by atoms with van der Waals surface area (Å²) >= 11 is 0. The van der Waals surface area contributed by atoms with E-state index in [0.29, 0.717) is 13.2 Å². The molecule has 0 amide bonds. The van der Waals surface area contributed by atoms with Gasteiger partial charge in [0.1, 0.15) is 6.10 Å². The quantitative estimate of drug-likeness (QED) is 0.565. The molecule has 0 fully saturated rings. The first-order chi connectivity index (χ1) is 10.6. The van der Waals surface area contributed by atoms with Crippen molar-refractivity contribution in [2.45, 2.75) is 26.0 Å². The lowest BCUT2D eigenvalue weighted by molar-refractivity contribution is 0.178. The lowest BCUT2D eigenvalue weighted by Gasteiger charge is -2.20. The maximum Gasteiger partial charge on any atom is 0.191 e. The molecule has 6 heteroatoms. The lowest BCUT2D eigenvalue weighted by atomic mass is 10.3. The van der Waals surface area contributed by atoms with Crippen molar-refractivity contribution in [2.75, 3.05) is 34.4 Å². The summed E-state index contributed by atoms with van der Waals surface area (Å²) in [5.41, 5.74) is 0. The van der Waals surface area contributed by atoms with E-state index in [0.717, 1.165) is 17.5 Å². The first kappa shape index (κ1) is 18.1. The summed E-state index contributed by atoms with van der Waals surface area (Å²) in [6.07, 6.45) is -0.0346. The van der Waals surface area contributed by atoms with Crippen molar-refractivity contribution in [2.24, 2.45) is 4.99 Å². The van der Waals surface area contributed by atoms with Gasteiger partial charge in [0, 0.05) is 20.2 Å². The number of guanidine groups is 1. The largest absolute Gasteiger partial charge is 0.493 e. The van der Waals surface area contributed by atoms with Gasteiger partial charge in [-0.1, -0.05) is 12.1 Å². The molecule has 1 rings (SSSR count). The van der Waals surface area contributed by atoms with E-state index in [4.69, 9.17) is 14.2 Å². The Hall–Kier alpha value is -1.95. The maximum atomic E-state index is 5.89. The summed E-state index contributed by atoms with van der Waals surface area (Å²) in [5, 5.41) is 6.48. The summed E-state index contributed by atoms with van der Waals surface area (Å²) in [5.74, 6) is 2.18. The SMILES string of the molecule is CN=C(NCC(C)Oc1ccccc1OC)NC(C)COC. The van der Waals surface area contributed by atoms with E-state index in [2.05, 4.69) is 15.6 Å². The minimum Gasteiger partial charge on any atom is -0.493 e. The molecule has 2 N–H and O–H groups in total. The average Bonchev–Trinajstić information content (AvgIpc) is 2.52. The molecule has 0 aromatic heterocycles. The lowest BCUT2D eigenvalue weighted by Crippen LogP contribution is -2.46. The van der Waals surface area contributed by atoms with Crippen LogP contribution in [0, 0.1) is 0 Å². The third kappa shape index (κ3) is 6.22. The fourth-order valence-electron chi connectivity index (χ4n) is 1.93. The number of hydrogen-bond donors (Lipinski definition) is 2. The molecule has 0 heterocycles. The molecule has 0 radical (unpaired) electrons. The average molecular weight is 309 g/mol. The van der Waals surface area contributed by atoms with E-state index in [-0.39, 0.29) is 12.1 Å². The third-order valence-corrected chi connectivity index (χ3v) is 2.98. The number of aliphatic imine (C=N–C) groups is 1. The monoisotopic (exact) mass is 309 g/mol. The number of benzene rings is 1. The summed E-state index contributed by atoms with van der Waals surface area (Å²) in [7, 11) is 5.05. The summed E-state index contributed by atoms with van der Waals surface area (Å²) in [6.45, 7) is 5.27. The van der Waals surface area contributed by atoms with Gasteiger partial charge in [-0.05, 0) is 26.0 Å². The highest BCUT2D eigenvalue weighted by Gasteiger charge is 2.10. The number of hydrogen-bond acceptors (Lipinski definition) is 4. The number of nitrogens with zero attached hydrogens (tertiary/aromatic N) is 1. The van der Waals surface area contributed by atoms with Crippen LogP contribution in [0.15, 0.2) is 29.3 Å². The van der Waals surface area contributed by atoms with E-state index in [1.807, 2.05) is 38.1 Å². The molecule has 2 unspecified atom stereocenters.